The summed E-state index contributed by atoms with van der Waals surface area (Å²) in [6.45, 7) is 0.951. The summed E-state index contributed by atoms with van der Waals surface area (Å²) in [4.78, 5) is 10.8. The largest absolute Gasteiger partial charge is 0.383 e. The molecule has 0 aliphatic carbocycles. The van der Waals surface area contributed by atoms with Crippen LogP contribution in [0, 0.1) is 5.82 Å². The average molecular weight is 403 g/mol. The zero-order chi connectivity index (χ0) is 17.0. The molecule has 0 fully saturated rings. The van der Waals surface area contributed by atoms with E-state index in [0.717, 1.165) is 25.1 Å². The van der Waals surface area contributed by atoms with Crippen molar-refractivity contribution < 1.29 is 4.39 Å². The Morgan fingerprint density at radius 3 is 2.74 bits per heavy atom. The highest BCUT2D eigenvalue weighted by Gasteiger charge is 2.11. The lowest BCUT2D eigenvalue weighted by atomic mass is 10.2. The molecule has 5 nitrogen and oxygen atoms in total. The van der Waals surface area contributed by atoms with Gasteiger partial charge in [0.25, 0.3) is 0 Å². The topological polar surface area (TPSA) is 67.1 Å². The lowest BCUT2D eigenvalue weighted by Gasteiger charge is -2.12. The summed E-state index contributed by atoms with van der Waals surface area (Å²) in [6.07, 6.45) is 1.72. The van der Waals surface area contributed by atoms with Gasteiger partial charge >= 0.3 is 0 Å². The van der Waals surface area contributed by atoms with Crippen LogP contribution >= 0.6 is 27.5 Å². The maximum absolute atomic E-state index is 13.2. The van der Waals surface area contributed by atoms with E-state index >= 15 is 0 Å². The lowest BCUT2D eigenvalue weighted by molar-refractivity contribution is 0.399. The van der Waals surface area contributed by atoms with Crippen LogP contribution in [0.15, 0.2) is 22.7 Å². The number of nitrogens with one attached hydrogen (secondary N) is 1. The predicted molar refractivity (Wildman–Crippen MR) is 95.7 cm³/mol. The quantitative estimate of drug-likeness (QED) is 0.768. The lowest BCUT2D eigenvalue weighted by Crippen LogP contribution is -2.14. The number of halogens is 3. The summed E-state index contributed by atoms with van der Waals surface area (Å²) in [5, 5.41) is 3.03. The van der Waals surface area contributed by atoms with Crippen molar-refractivity contribution in [2.45, 2.75) is 12.8 Å². The molecule has 0 atom stereocenters. The van der Waals surface area contributed by atoms with Crippen LogP contribution in [0.25, 0.3) is 0 Å². The van der Waals surface area contributed by atoms with E-state index in [9.17, 15) is 4.39 Å². The number of hydrogen-bond acceptors (Lipinski definition) is 5. The molecule has 23 heavy (non-hydrogen) atoms. The van der Waals surface area contributed by atoms with Gasteiger partial charge in [-0.25, -0.2) is 9.37 Å². The van der Waals surface area contributed by atoms with Crippen molar-refractivity contribution in [2.24, 2.45) is 0 Å². The molecule has 3 N–H and O–H groups in total. The predicted octanol–water partition coefficient (Wildman–Crippen LogP) is 3.85. The first-order valence-corrected chi connectivity index (χ1v) is 8.22. The Morgan fingerprint density at radius 1 is 1.35 bits per heavy atom. The van der Waals surface area contributed by atoms with Gasteiger partial charge in [0.05, 0.1) is 15.2 Å². The minimum absolute atomic E-state index is 0.0336. The fourth-order valence-electron chi connectivity index (χ4n) is 2.00. The van der Waals surface area contributed by atoms with Gasteiger partial charge in [-0.05, 0) is 67.6 Å². The third-order valence-corrected chi connectivity index (χ3v) is 4.29. The number of nitrogens with two attached hydrogens (primary N) is 1. The fourth-order valence-corrected chi connectivity index (χ4v) is 2.56. The first-order valence-electron chi connectivity index (χ1n) is 7.05. The second-order valence-corrected chi connectivity index (χ2v) is 6.55. The second-order valence-electron chi connectivity index (χ2n) is 5.35. The minimum atomic E-state index is -0.474. The molecular weight excluding hydrogens is 385 g/mol. The van der Waals surface area contributed by atoms with Crippen molar-refractivity contribution in [3.05, 3.63) is 39.2 Å². The van der Waals surface area contributed by atoms with E-state index < -0.39 is 5.82 Å². The summed E-state index contributed by atoms with van der Waals surface area (Å²) >= 11 is 9.20. The maximum atomic E-state index is 13.2. The van der Waals surface area contributed by atoms with Crippen molar-refractivity contribution in [1.82, 2.24) is 14.9 Å². The fraction of sp³-hybridized carbons (Fsp3) is 0.333. The van der Waals surface area contributed by atoms with Gasteiger partial charge in [0.2, 0.25) is 5.95 Å². The molecule has 2 aromatic rings. The summed E-state index contributed by atoms with van der Waals surface area (Å²) < 4.78 is 13.9. The first-order chi connectivity index (χ1) is 10.9. The van der Waals surface area contributed by atoms with Gasteiger partial charge in [0, 0.05) is 5.69 Å². The van der Waals surface area contributed by atoms with Crippen LogP contribution in [0.1, 0.15) is 12.1 Å². The Hall–Kier alpha value is -1.44. The first kappa shape index (κ1) is 17.9. The highest BCUT2D eigenvalue weighted by atomic mass is 79.9. The highest BCUT2D eigenvalue weighted by Crippen LogP contribution is 2.26. The van der Waals surface area contributed by atoms with E-state index in [1.807, 2.05) is 14.1 Å². The number of aryl methyl sites for hydroxylation is 1. The molecule has 0 bridgehead atoms. The maximum Gasteiger partial charge on any atom is 0.229 e. The van der Waals surface area contributed by atoms with Crippen LogP contribution in [-0.4, -0.2) is 35.5 Å². The Morgan fingerprint density at radius 2 is 2.09 bits per heavy atom. The molecule has 1 aromatic carbocycles. The normalized spacial score (nSPS) is 11.0. The third-order valence-electron chi connectivity index (χ3n) is 3.14. The molecule has 0 aliphatic heterocycles. The van der Waals surface area contributed by atoms with Crippen LogP contribution in [0.4, 0.5) is 21.8 Å². The van der Waals surface area contributed by atoms with E-state index in [2.05, 4.69) is 36.1 Å². The van der Waals surface area contributed by atoms with Gasteiger partial charge < -0.3 is 16.0 Å². The summed E-state index contributed by atoms with van der Waals surface area (Å²) in [5.41, 5.74) is 7.35. The minimum Gasteiger partial charge on any atom is -0.383 e. The zero-order valence-corrected chi connectivity index (χ0v) is 15.2. The van der Waals surface area contributed by atoms with E-state index in [0.29, 0.717) is 21.9 Å². The van der Waals surface area contributed by atoms with Crippen LogP contribution in [0.5, 0.6) is 0 Å². The second kappa shape index (κ2) is 7.90. The molecule has 0 saturated heterocycles. The van der Waals surface area contributed by atoms with Crippen molar-refractivity contribution in [3.63, 3.8) is 0 Å². The molecular formula is C15H18BrClFN5. The summed E-state index contributed by atoms with van der Waals surface area (Å²) in [7, 11) is 4.04. The van der Waals surface area contributed by atoms with E-state index in [-0.39, 0.29) is 5.02 Å². The standard InChI is InChI=1S/C15H18BrClFN5/c1-23(2)7-3-4-12-13(16)14(19)22-15(21-12)20-9-5-6-11(18)10(17)8-9/h5-6,8H,3-4,7H2,1-2H3,(H3,19,20,21,22). The molecule has 2 rings (SSSR count). The van der Waals surface area contributed by atoms with Gasteiger partial charge in [0.15, 0.2) is 0 Å². The van der Waals surface area contributed by atoms with Crippen molar-refractivity contribution >= 4 is 45.0 Å². The number of nitrogen functional groups attached to an aromatic ring is 1. The molecule has 0 spiro atoms. The van der Waals surface area contributed by atoms with Gasteiger partial charge in [-0.1, -0.05) is 11.6 Å². The van der Waals surface area contributed by atoms with E-state index in [1.54, 1.807) is 6.07 Å². The number of nitrogens with zero attached hydrogens (tertiary/aromatic N) is 3. The third kappa shape index (κ3) is 5.02. The summed E-state index contributed by atoms with van der Waals surface area (Å²) in [6, 6.07) is 4.32. The van der Waals surface area contributed by atoms with Gasteiger partial charge in [-0.2, -0.15) is 4.98 Å². The number of hydrogen-bond donors (Lipinski definition) is 2. The van der Waals surface area contributed by atoms with Crippen LogP contribution in [0.3, 0.4) is 0 Å². The number of aromatic nitrogens is 2. The molecule has 1 aromatic heterocycles. The molecule has 124 valence electrons. The van der Waals surface area contributed by atoms with Gasteiger partial charge in [-0.15, -0.1) is 0 Å². The molecule has 0 radical (unpaired) electrons. The van der Waals surface area contributed by atoms with Gasteiger partial charge in [0.1, 0.15) is 11.6 Å². The van der Waals surface area contributed by atoms with Gasteiger partial charge in [-0.3, -0.25) is 0 Å². The number of anilines is 3. The SMILES string of the molecule is CN(C)CCCc1nc(Nc2ccc(F)c(Cl)c2)nc(N)c1Br. The van der Waals surface area contributed by atoms with Crippen LogP contribution in [0.2, 0.25) is 5.02 Å². The Labute approximate surface area is 148 Å². The Kier molecular flexibility index (Phi) is 6.15. The van der Waals surface area contributed by atoms with Crippen molar-refractivity contribution in [2.75, 3.05) is 31.7 Å². The highest BCUT2D eigenvalue weighted by molar-refractivity contribution is 9.10. The van der Waals surface area contributed by atoms with Crippen molar-refractivity contribution in [3.8, 4) is 0 Å². The Balaban J connectivity index is 2.18. The Bertz CT molecular complexity index is 696. The number of rotatable bonds is 6. The van der Waals surface area contributed by atoms with E-state index in [4.69, 9.17) is 17.3 Å². The molecule has 8 heteroatoms. The molecule has 0 unspecified atom stereocenters. The number of benzene rings is 1. The monoisotopic (exact) mass is 401 g/mol. The molecule has 0 amide bonds. The molecule has 0 saturated carbocycles. The van der Waals surface area contributed by atoms with E-state index in [1.165, 1.54) is 12.1 Å². The zero-order valence-electron chi connectivity index (χ0n) is 12.9. The summed E-state index contributed by atoms with van der Waals surface area (Å²) in [5.74, 6) is 0.238. The smallest absolute Gasteiger partial charge is 0.229 e. The molecule has 1 heterocycles. The average Bonchev–Trinajstić information content (AvgIpc) is 2.47. The van der Waals surface area contributed by atoms with Crippen LogP contribution in [-0.2, 0) is 6.42 Å². The van der Waals surface area contributed by atoms with Crippen LogP contribution < -0.4 is 11.1 Å². The van der Waals surface area contributed by atoms with Crippen molar-refractivity contribution in [1.29, 1.82) is 0 Å². The molecule has 0 aliphatic rings.